The molecule has 6 heteroatoms. The summed E-state index contributed by atoms with van der Waals surface area (Å²) in [6.07, 6.45) is 1.50. The summed E-state index contributed by atoms with van der Waals surface area (Å²) in [7, 11) is 1.63. The fourth-order valence-electron chi connectivity index (χ4n) is 0.599. The van der Waals surface area contributed by atoms with Crippen molar-refractivity contribution >= 4 is 18.1 Å². The lowest BCUT2D eigenvalue weighted by atomic mass is 10.5. The third kappa shape index (κ3) is 6.95. The van der Waals surface area contributed by atoms with E-state index in [0.717, 1.165) is 0 Å². The van der Waals surface area contributed by atoms with Crippen molar-refractivity contribution in [3.8, 4) is 0 Å². The molecule has 73 valence electrons. The van der Waals surface area contributed by atoms with Crippen LogP contribution in [0.2, 0.25) is 0 Å². The molecule has 13 heavy (non-hydrogen) atoms. The Balaban J connectivity index is 3.45. The van der Waals surface area contributed by atoms with E-state index in [1.165, 1.54) is 6.29 Å². The van der Waals surface area contributed by atoms with Crippen LogP contribution in [0.15, 0.2) is 0 Å². The molecule has 0 aliphatic heterocycles. The van der Waals surface area contributed by atoms with Gasteiger partial charge in [-0.1, -0.05) is 0 Å². The quantitative estimate of drug-likeness (QED) is 0.429. The highest BCUT2D eigenvalue weighted by atomic mass is 16.2. The molecule has 0 aliphatic carbocycles. The first kappa shape index (κ1) is 11.6. The van der Waals surface area contributed by atoms with E-state index in [9.17, 15) is 14.4 Å². The smallest absolute Gasteiger partial charge is 0.239 e. The number of hydrogen-bond acceptors (Lipinski definition) is 4. The van der Waals surface area contributed by atoms with E-state index >= 15 is 0 Å². The van der Waals surface area contributed by atoms with Crippen LogP contribution in [0, 0.1) is 0 Å². The maximum absolute atomic E-state index is 10.8. The first-order chi connectivity index (χ1) is 6.20. The summed E-state index contributed by atoms with van der Waals surface area (Å²) in [5.41, 5.74) is 0. The van der Waals surface area contributed by atoms with E-state index < -0.39 is 5.91 Å². The molecule has 0 saturated heterocycles. The van der Waals surface area contributed by atoms with E-state index in [-0.39, 0.29) is 25.5 Å². The molecule has 0 atom stereocenters. The second-order valence-corrected chi connectivity index (χ2v) is 2.23. The van der Waals surface area contributed by atoms with Gasteiger partial charge in [-0.3, -0.25) is 14.4 Å². The van der Waals surface area contributed by atoms with Crippen molar-refractivity contribution in [2.75, 3.05) is 26.7 Å². The molecule has 3 N–H and O–H groups in total. The van der Waals surface area contributed by atoms with Gasteiger partial charge in [-0.05, 0) is 7.05 Å². The predicted molar refractivity (Wildman–Crippen MR) is 45.6 cm³/mol. The van der Waals surface area contributed by atoms with Gasteiger partial charge < -0.3 is 16.0 Å². The topological polar surface area (TPSA) is 87.3 Å². The first-order valence-corrected chi connectivity index (χ1v) is 3.73. The van der Waals surface area contributed by atoms with Crippen molar-refractivity contribution in [1.29, 1.82) is 0 Å². The number of rotatable bonds is 6. The molecule has 0 aliphatic rings. The van der Waals surface area contributed by atoms with Gasteiger partial charge in [0.25, 0.3) is 0 Å². The summed E-state index contributed by atoms with van der Waals surface area (Å²) < 4.78 is 0. The molecule has 0 unspecified atom stereocenters. The number of amides is 2. The summed E-state index contributed by atoms with van der Waals surface area (Å²) in [5, 5.41) is 7.21. The van der Waals surface area contributed by atoms with Gasteiger partial charge in [0.05, 0.1) is 19.6 Å². The Morgan fingerprint density at radius 3 is 2.31 bits per heavy atom. The third-order valence-corrected chi connectivity index (χ3v) is 1.14. The number of carbonyl (C=O) groups excluding carboxylic acids is 3. The minimum atomic E-state index is -0.409. The first-order valence-electron chi connectivity index (χ1n) is 3.73. The van der Waals surface area contributed by atoms with Crippen LogP contribution in [-0.4, -0.2) is 44.8 Å². The van der Waals surface area contributed by atoms with Crippen LogP contribution in [0.25, 0.3) is 0 Å². The normalized spacial score (nSPS) is 9.00. The number of carbonyl (C=O) groups is 2. The molecule has 0 spiro atoms. The summed E-state index contributed by atoms with van der Waals surface area (Å²) in [5.74, 6) is -0.680. The van der Waals surface area contributed by atoms with Gasteiger partial charge in [0.15, 0.2) is 0 Å². The van der Waals surface area contributed by atoms with E-state index in [1.807, 2.05) is 0 Å². The highest BCUT2D eigenvalue weighted by Crippen LogP contribution is 1.65. The molecular weight excluding hydrogens is 174 g/mol. The van der Waals surface area contributed by atoms with Crippen LogP contribution >= 0.6 is 0 Å². The van der Waals surface area contributed by atoms with Crippen molar-refractivity contribution in [2.24, 2.45) is 0 Å². The zero-order valence-corrected chi connectivity index (χ0v) is 7.35. The van der Waals surface area contributed by atoms with Gasteiger partial charge in [-0.2, -0.15) is 0 Å². The van der Waals surface area contributed by atoms with Crippen molar-refractivity contribution in [3.05, 3.63) is 0 Å². The van der Waals surface area contributed by atoms with Crippen molar-refractivity contribution in [3.63, 3.8) is 0 Å². The fourth-order valence-corrected chi connectivity index (χ4v) is 0.599. The lowest BCUT2D eigenvalue weighted by molar-refractivity contribution is -0.125. The Hall–Kier alpha value is -1.43. The SMILES string of the molecule is CNCC(=O)NCC(=O)NC[C]=O. The van der Waals surface area contributed by atoms with Gasteiger partial charge >= 0.3 is 0 Å². The highest BCUT2D eigenvalue weighted by molar-refractivity contribution is 5.86. The van der Waals surface area contributed by atoms with Gasteiger partial charge in [0.2, 0.25) is 18.1 Å². The van der Waals surface area contributed by atoms with Gasteiger partial charge in [0.1, 0.15) is 0 Å². The minimum Gasteiger partial charge on any atom is -0.347 e. The number of likely N-dealkylation sites (N-methyl/N-ethyl adjacent to an activating group) is 1. The van der Waals surface area contributed by atoms with Gasteiger partial charge in [0, 0.05) is 0 Å². The maximum Gasteiger partial charge on any atom is 0.239 e. The van der Waals surface area contributed by atoms with Gasteiger partial charge in [-0.15, -0.1) is 0 Å². The second-order valence-electron chi connectivity index (χ2n) is 2.23. The third-order valence-electron chi connectivity index (χ3n) is 1.14. The predicted octanol–water partition coefficient (Wildman–Crippen LogP) is -2.45. The molecule has 0 bridgehead atoms. The van der Waals surface area contributed by atoms with Crippen LogP contribution in [0.3, 0.4) is 0 Å². The standard InChI is InChI=1S/C7H12N3O3/c1-8-4-6(12)10-5-7(13)9-2-3-11/h8H,2,4-5H2,1H3,(H,9,13)(H,10,12). The molecule has 2 amide bonds. The van der Waals surface area contributed by atoms with Crippen molar-refractivity contribution in [1.82, 2.24) is 16.0 Å². The molecule has 6 nitrogen and oxygen atoms in total. The summed E-state index contributed by atoms with van der Waals surface area (Å²) in [6.45, 7) is -0.115. The molecule has 0 aromatic carbocycles. The van der Waals surface area contributed by atoms with Crippen LogP contribution in [0.1, 0.15) is 0 Å². The van der Waals surface area contributed by atoms with Crippen molar-refractivity contribution < 1.29 is 14.4 Å². The molecule has 0 aromatic heterocycles. The molecule has 0 saturated carbocycles. The van der Waals surface area contributed by atoms with Crippen LogP contribution < -0.4 is 16.0 Å². The second kappa shape index (κ2) is 7.23. The molecule has 1 radical (unpaired) electrons. The van der Waals surface area contributed by atoms with E-state index in [4.69, 9.17) is 0 Å². The summed E-state index contributed by atoms with van der Waals surface area (Å²) in [4.78, 5) is 31.3. The lowest BCUT2D eigenvalue weighted by Gasteiger charge is -2.03. The Bertz CT molecular complexity index is 193. The minimum absolute atomic E-state index is 0.123. The number of hydrogen-bond donors (Lipinski definition) is 3. The van der Waals surface area contributed by atoms with E-state index in [2.05, 4.69) is 16.0 Å². The lowest BCUT2D eigenvalue weighted by Crippen LogP contribution is -2.40. The Kier molecular flexibility index (Phi) is 6.44. The van der Waals surface area contributed by atoms with Crippen molar-refractivity contribution in [2.45, 2.75) is 0 Å². The zero-order chi connectivity index (χ0) is 10.1. The Labute approximate surface area is 76.1 Å². The highest BCUT2D eigenvalue weighted by Gasteiger charge is 2.02. The van der Waals surface area contributed by atoms with E-state index in [1.54, 1.807) is 7.05 Å². The maximum atomic E-state index is 10.8. The largest absolute Gasteiger partial charge is 0.347 e. The fraction of sp³-hybridized carbons (Fsp3) is 0.571. The Morgan fingerprint density at radius 1 is 1.15 bits per heavy atom. The molecule has 0 heterocycles. The molecule has 0 rings (SSSR count). The number of nitrogens with one attached hydrogen (secondary N) is 3. The summed E-state index contributed by atoms with van der Waals surface area (Å²) >= 11 is 0. The monoisotopic (exact) mass is 186 g/mol. The Morgan fingerprint density at radius 2 is 1.77 bits per heavy atom. The van der Waals surface area contributed by atoms with Crippen LogP contribution in [-0.2, 0) is 14.4 Å². The molecule has 0 fully saturated rings. The average molecular weight is 186 g/mol. The molecule has 0 aromatic rings. The van der Waals surface area contributed by atoms with Crippen LogP contribution in [0.4, 0.5) is 0 Å². The summed E-state index contributed by atoms with van der Waals surface area (Å²) in [6, 6.07) is 0. The van der Waals surface area contributed by atoms with E-state index in [0.29, 0.717) is 0 Å². The van der Waals surface area contributed by atoms with Crippen LogP contribution in [0.5, 0.6) is 0 Å². The van der Waals surface area contributed by atoms with Gasteiger partial charge in [-0.25, -0.2) is 0 Å². The molecular formula is C7H12N3O3. The average Bonchev–Trinajstić information content (AvgIpc) is 2.12. The zero-order valence-electron chi connectivity index (χ0n) is 7.35.